The van der Waals surface area contributed by atoms with E-state index in [9.17, 15) is 14.7 Å². The van der Waals surface area contributed by atoms with Gasteiger partial charge in [-0.05, 0) is 61.9 Å². The lowest BCUT2D eigenvalue weighted by molar-refractivity contribution is -0.146. The number of hydrogen-bond acceptors (Lipinski definition) is 9. The van der Waals surface area contributed by atoms with Crippen LogP contribution in [0.2, 0.25) is 10.0 Å². The van der Waals surface area contributed by atoms with E-state index in [1.807, 2.05) is 53.8 Å². The lowest BCUT2D eigenvalue weighted by Gasteiger charge is -2.30. The van der Waals surface area contributed by atoms with Gasteiger partial charge in [-0.3, -0.25) is 19.4 Å². The average Bonchev–Trinajstić information content (AvgIpc) is 3.91. The van der Waals surface area contributed by atoms with E-state index < -0.39 is 18.0 Å². The van der Waals surface area contributed by atoms with Crippen molar-refractivity contribution in [2.24, 2.45) is 7.05 Å². The molecule has 7 rings (SSSR count). The monoisotopic (exact) mass is 779 g/mol. The first-order valence-electron chi connectivity index (χ1n) is 18.2. The van der Waals surface area contributed by atoms with Gasteiger partial charge in [0.15, 0.2) is 11.6 Å². The number of carbonyl (C=O) groups is 2. The molecule has 3 heterocycles. The van der Waals surface area contributed by atoms with Crippen molar-refractivity contribution in [1.29, 1.82) is 0 Å². The largest absolute Gasteiger partial charge is 0.496 e. The minimum absolute atomic E-state index is 0.00530. The highest BCUT2D eigenvalue weighted by atomic mass is 35.5. The number of amides is 1. The van der Waals surface area contributed by atoms with Crippen molar-refractivity contribution in [3.05, 3.63) is 92.2 Å². The molecule has 54 heavy (non-hydrogen) atoms. The van der Waals surface area contributed by atoms with Crippen LogP contribution in [0, 0.1) is 5.82 Å². The molecule has 1 aromatic heterocycles. The Bertz CT molecular complexity index is 2090. The maximum Gasteiger partial charge on any atom is 0.323 e. The Hall–Kier alpha value is -4.20. The minimum Gasteiger partial charge on any atom is -0.496 e. The number of imidazole rings is 1. The molecule has 3 aromatic carbocycles. The zero-order valence-electron chi connectivity index (χ0n) is 30.8. The molecule has 286 valence electrons. The second-order valence-electron chi connectivity index (χ2n) is 14.1. The Labute approximate surface area is 323 Å². The first kappa shape index (κ1) is 38.1. The molecule has 1 fully saturated rings. The van der Waals surface area contributed by atoms with E-state index in [1.54, 1.807) is 12.1 Å². The smallest absolute Gasteiger partial charge is 0.323 e. The number of likely N-dealkylation sites (tertiary alicyclic amines) is 1. The highest BCUT2D eigenvalue weighted by Gasteiger charge is 2.35. The van der Waals surface area contributed by atoms with Gasteiger partial charge in [-0.25, -0.2) is 9.37 Å². The lowest BCUT2D eigenvalue weighted by Crippen LogP contribution is -2.39. The third-order valence-corrected chi connectivity index (χ3v) is 11.8. The van der Waals surface area contributed by atoms with Crippen molar-refractivity contribution in [1.82, 2.24) is 19.4 Å². The van der Waals surface area contributed by atoms with Crippen molar-refractivity contribution in [3.63, 3.8) is 0 Å². The number of rotatable bonds is 11. The molecule has 0 spiro atoms. The number of benzene rings is 3. The van der Waals surface area contributed by atoms with Gasteiger partial charge in [0.1, 0.15) is 28.7 Å². The summed E-state index contributed by atoms with van der Waals surface area (Å²) in [7, 11) is 4.66. The fourth-order valence-corrected chi connectivity index (χ4v) is 8.55. The number of nitrogens with one attached hydrogen (secondary N) is 1. The summed E-state index contributed by atoms with van der Waals surface area (Å²) in [5.74, 6) is -0.624. The molecule has 3 aliphatic rings. The van der Waals surface area contributed by atoms with Crippen LogP contribution in [0.3, 0.4) is 0 Å². The molecule has 2 unspecified atom stereocenters. The summed E-state index contributed by atoms with van der Waals surface area (Å²) in [4.78, 5) is 34.6. The van der Waals surface area contributed by atoms with Crippen molar-refractivity contribution in [3.8, 4) is 22.6 Å². The van der Waals surface area contributed by atoms with Gasteiger partial charge in [0.05, 0.1) is 37.2 Å². The maximum absolute atomic E-state index is 16.0. The molecule has 0 saturated carbocycles. The predicted molar refractivity (Wildman–Crippen MR) is 204 cm³/mol. The number of aliphatic hydroxyl groups is 1. The van der Waals surface area contributed by atoms with Crippen molar-refractivity contribution < 1.29 is 33.3 Å². The van der Waals surface area contributed by atoms with E-state index in [-0.39, 0.29) is 53.2 Å². The number of methoxy groups -OCH3 is 2. The Balaban J connectivity index is 1.11. The third kappa shape index (κ3) is 7.06. The number of fused-ring (bicyclic) bond motifs is 2. The minimum atomic E-state index is -0.650. The summed E-state index contributed by atoms with van der Waals surface area (Å²) in [5.41, 5.74) is 6.17. The summed E-state index contributed by atoms with van der Waals surface area (Å²) in [6, 6.07) is 12.6. The highest BCUT2D eigenvalue weighted by molar-refractivity contribution is 6.36. The number of aromatic nitrogens is 2. The predicted octanol–water partition coefficient (Wildman–Crippen LogP) is 6.74. The van der Waals surface area contributed by atoms with Gasteiger partial charge in [0.2, 0.25) is 0 Å². The van der Waals surface area contributed by atoms with E-state index >= 15 is 4.39 Å². The summed E-state index contributed by atoms with van der Waals surface area (Å²) in [6.45, 7) is 4.13. The molecule has 0 radical (unpaired) electrons. The second-order valence-corrected chi connectivity index (χ2v) is 14.9. The van der Waals surface area contributed by atoms with Crippen LogP contribution >= 0.6 is 23.2 Å². The van der Waals surface area contributed by atoms with Crippen LogP contribution in [0.5, 0.6) is 11.5 Å². The van der Waals surface area contributed by atoms with Gasteiger partial charge in [-0.15, -0.1) is 0 Å². The molecule has 4 aromatic rings. The molecule has 1 amide bonds. The summed E-state index contributed by atoms with van der Waals surface area (Å²) >= 11 is 13.7. The van der Waals surface area contributed by atoms with E-state index in [0.717, 1.165) is 53.0 Å². The van der Waals surface area contributed by atoms with Gasteiger partial charge in [0.25, 0.3) is 5.91 Å². The van der Waals surface area contributed by atoms with E-state index in [0.29, 0.717) is 48.9 Å². The SMILES string of the molecule is COC(=O)[C@@H]1CCCN1Cc1c(OC)cc(OC2CCc3c(-c4cccc(NC(=O)c5nc6c(n5C)CCN(C(C)CO)C6)c4Cl)cccc32)c(Cl)c1F. The van der Waals surface area contributed by atoms with Crippen LogP contribution in [-0.2, 0) is 42.5 Å². The first-order valence-corrected chi connectivity index (χ1v) is 18.9. The Morgan fingerprint density at radius 3 is 2.59 bits per heavy atom. The summed E-state index contributed by atoms with van der Waals surface area (Å²) in [5, 5.41) is 12.8. The van der Waals surface area contributed by atoms with Crippen molar-refractivity contribution >= 4 is 40.8 Å². The van der Waals surface area contributed by atoms with Crippen molar-refractivity contribution in [2.45, 2.75) is 70.3 Å². The zero-order chi connectivity index (χ0) is 38.3. The van der Waals surface area contributed by atoms with Gasteiger partial charge in [0, 0.05) is 62.0 Å². The first-order chi connectivity index (χ1) is 26.0. The quantitative estimate of drug-likeness (QED) is 0.160. The number of ether oxygens (including phenoxy) is 3. The number of hydrogen-bond donors (Lipinski definition) is 2. The summed E-state index contributed by atoms with van der Waals surface area (Å²) < 4.78 is 34.8. The number of anilines is 1. The van der Waals surface area contributed by atoms with Crippen LogP contribution in [0.4, 0.5) is 10.1 Å². The van der Waals surface area contributed by atoms with E-state index in [1.165, 1.54) is 14.2 Å². The molecule has 2 N–H and O–H groups in total. The lowest BCUT2D eigenvalue weighted by atomic mass is 9.96. The molecule has 11 nitrogen and oxygen atoms in total. The molecule has 2 aliphatic heterocycles. The molecule has 1 saturated heterocycles. The molecular formula is C40H44Cl2FN5O6. The van der Waals surface area contributed by atoms with Crippen LogP contribution in [0.25, 0.3) is 11.1 Å². The van der Waals surface area contributed by atoms with Gasteiger partial charge >= 0.3 is 5.97 Å². The van der Waals surface area contributed by atoms with Crippen LogP contribution in [0.15, 0.2) is 42.5 Å². The Morgan fingerprint density at radius 1 is 1.06 bits per heavy atom. The van der Waals surface area contributed by atoms with Gasteiger partial charge in [-0.2, -0.15) is 0 Å². The second kappa shape index (κ2) is 15.9. The summed E-state index contributed by atoms with van der Waals surface area (Å²) in [6.07, 6.45) is 3.04. The molecule has 3 atom stereocenters. The van der Waals surface area contributed by atoms with Crippen LogP contribution in [-0.4, -0.2) is 82.3 Å². The van der Waals surface area contributed by atoms with Crippen LogP contribution in [0.1, 0.15) is 71.0 Å². The molecular weight excluding hydrogens is 736 g/mol. The zero-order valence-corrected chi connectivity index (χ0v) is 32.3. The standard InChI is InChI=1S/C40H44Cl2FN5O6/c1-22(21-49)47-17-15-30-29(20-47)44-38(46(30)2)39(50)45-28-11-6-10-26(35(28)41)23-8-5-9-25-24(23)13-14-32(25)54-34-18-33(52-3)27(37(43)36(34)42)19-48-16-7-12-31(48)40(51)53-4/h5-6,8-11,18,22,31-32,49H,7,12-17,19-21H2,1-4H3,(H,45,50)/t22?,31-,32?/m0/s1. The number of carbonyl (C=O) groups excluding carboxylic acids is 2. The fraction of sp³-hybridized carbons (Fsp3) is 0.425. The number of aliphatic hydroxyl groups excluding tert-OH is 1. The topological polar surface area (TPSA) is 118 Å². The molecule has 0 bridgehead atoms. The average molecular weight is 781 g/mol. The van der Waals surface area contributed by atoms with Gasteiger partial charge < -0.3 is 29.2 Å². The molecule has 1 aliphatic carbocycles. The Morgan fingerprint density at radius 2 is 1.83 bits per heavy atom. The maximum atomic E-state index is 16.0. The van der Waals surface area contributed by atoms with Crippen molar-refractivity contribution in [2.75, 3.05) is 39.2 Å². The number of halogens is 3. The normalized spacial score (nSPS) is 19.0. The highest BCUT2D eigenvalue weighted by Crippen LogP contribution is 2.46. The number of nitrogens with zero attached hydrogens (tertiary/aromatic N) is 4. The third-order valence-electron chi connectivity index (χ3n) is 11.0. The van der Waals surface area contributed by atoms with E-state index in [2.05, 4.69) is 15.2 Å². The molecule has 14 heteroatoms. The Kier molecular flexibility index (Phi) is 11.2. The van der Waals surface area contributed by atoms with Gasteiger partial charge in [-0.1, -0.05) is 53.5 Å². The number of esters is 1. The fourth-order valence-electron chi connectivity index (χ4n) is 8.06. The van der Waals surface area contributed by atoms with Crippen LogP contribution < -0.4 is 14.8 Å². The van der Waals surface area contributed by atoms with E-state index in [4.69, 9.17) is 37.4 Å².